The second-order valence-electron chi connectivity index (χ2n) is 10.4. The van der Waals surface area contributed by atoms with Crippen LogP contribution in [0, 0.1) is 0 Å². The molecule has 0 N–H and O–H groups in total. The van der Waals surface area contributed by atoms with Crippen molar-refractivity contribution in [1.82, 2.24) is 14.8 Å². The van der Waals surface area contributed by atoms with Gasteiger partial charge >= 0.3 is 6.18 Å². The van der Waals surface area contributed by atoms with E-state index in [4.69, 9.17) is 4.74 Å². The molecule has 5 rings (SSSR count). The Bertz CT molecular complexity index is 1460. The largest absolute Gasteiger partial charge is 0.490 e. The summed E-state index contributed by atoms with van der Waals surface area (Å²) < 4.78 is 45.2. The van der Waals surface area contributed by atoms with Gasteiger partial charge < -0.3 is 9.64 Å². The van der Waals surface area contributed by atoms with Gasteiger partial charge in [-0.2, -0.15) is 13.2 Å². The van der Waals surface area contributed by atoms with Crippen molar-refractivity contribution in [3.05, 3.63) is 107 Å². The Labute approximate surface area is 232 Å². The summed E-state index contributed by atoms with van der Waals surface area (Å²) in [7, 11) is 2.09. The van der Waals surface area contributed by atoms with Gasteiger partial charge in [-0.3, -0.25) is 14.7 Å². The molecule has 0 saturated carbocycles. The van der Waals surface area contributed by atoms with E-state index in [9.17, 15) is 18.0 Å². The Morgan fingerprint density at radius 2 is 1.70 bits per heavy atom. The molecule has 0 unspecified atom stereocenters. The van der Waals surface area contributed by atoms with Crippen LogP contribution in [-0.2, 0) is 30.5 Å². The van der Waals surface area contributed by atoms with Gasteiger partial charge in [0.1, 0.15) is 11.9 Å². The van der Waals surface area contributed by atoms with Crippen molar-refractivity contribution < 1.29 is 22.7 Å². The molecule has 0 radical (unpaired) electrons. The molecule has 8 heteroatoms. The van der Waals surface area contributed by atoms with Crippen LogP contribution in [0.3, 0.4) is 0 Å². The third kappa shape index (κ3) is 6.99. The van der Waals surface area contributed by atoms with Crippen LogP contribution < -0.4 is 4.74 Å². The van der Waals surface area contributed by atoms with E-state index in [1.165, 1.54) is 11.6 Å². The number of rotatable bonds is 8. The van der Waals surface area contributed by atoms with Crippen LogP contribution in [0.4, 0.5) is 13.2 Å². The van der Waals surface area contributed by atoms with E-state index in [0.29, 0.717) is 31.5 Å². The van der Waals surface area contributed by atoms with Gasteiger partial charge in [0.05, 0.1) is 17.5 Å². The smallest absolute Gasteiger partial charge is 0.416 e. The summed E-state index contributed by atoms with van der Waals surface area (Å²) in [6.45, 7) is 2.59. The van der Waals surface area contributed by atoms with Crippen LogP contribution in [0.25, 0.3) is 10.9 Å². The zero-order chi connectivity index (χ0) is 28.1. The minimum absolute atomic E-state index is 0.0197. The van der Waals surface area contributed by atoms with Crippen molar-refractivity contribution in [3.63, 3.8) is 0 Å². The molecule has 4 aromatic rings. The number of aromatic nitrogens is 1. The molecule has 1 aliphatic heterocycles. The summed E-state index contributed by atoms with van der Waals surface area (Å²) in [5, 5.41) is 1.16. The van der Waals surface area contributed by atoms with Crippen molar-refractivity contribution in [2.24, 2.45) is 0 Å². The number of amides is 1. The Morgan fingerprint density at radius 3 is 2.50 bits per heavy atom. The van der Waals surface area contributed by atoms with Crippen LogP contribution in [0.2, 0.25) is 0 Å². The number of likely N-dealkylation sites (tertiary alicyclic amines) is 1. The topological polar surface area (TPSA) is 45.7 Å². The SMILES string of the molecule is CN(Cc1cccc(OC2CCN(C(=O)Cc3cccc(C(F)(F)F)c3)CC2)c1)Cc1cccc2ncccc12. The molecule has 1 fully saturated rings. The number of halogens is 3. The lowest BCUT2D eigenvalue weighted by molar-refractivity contribution is -0.138. The zero-order valence-corrected chi connectivity index (χ0v) is 22.4. The minimum atomic E-state index is -4.42. The summed E-state index contributed by atoms with van der Waals surface area (Å²) in [5.41, 5.74) is 3.01. The number of hydrogen-bond acceptors (Lipinski definition) is 4. The predicted molar refractivity (Wildman–Crippen MR) is 149 cm³/mol. The molecule has 0 atom stereocenters. The number of alkyl halides is 3. The first-order valence-electron chi connectivity index (χ1n) is 13.5. The highest BCUT2D eigenvalue weighted by atomic mass is 19.4. The van der Waals surface area contributed by atoms with Crippen molar-refractivity contribution in [2.75, 3.05) is 20.1 Å². The van der Waals surface area contributed by atoms with E-state index in [1.807, 2.05) is 36.5 Å². The van der Waals surface area contributed by atoms with E-state index in [1.54, 1.807) is 11.0 Å². The molecular weight excluding hydrogens is 515 g/mol. The lowest BCUT2D eigenvalue weighted by Gasteiger charge is -2.32. The summed E-state index contributed by atoms with van der Waals surface area (Å²) in [6, 6.07) is 23.3. The fraction of sp³-hybridized carbons (Fsp3) is 0.312. The number of benzene rings is 3. The quantitative estimate of drug-likeness (QED) is 0.253. The maximum absolute atomic E-state index is 13.0. The maximum Gasteiger partial charge on any atom is 0.416 e. The number of ether oxygens (including phenoxy) is 1. The number of piperidine rings is 1. The van der Waals surface area contributed by atoms with E-state index >= 15 is 0 Å². The highest BCUT2D eigenvalue weighted by molar-refractivity contribution is 5.82. The maximum atomic E-state index is 13.0. The second kappa shape index (κ2) is 12.1. The third-order valence-electron chi connectivity index (χ3n) is 7.23. The summed E-state index contributed by atoms with van der Waals surface area (Å²) in [6.07, 6.45) is -1.32. The number of fused-ring (bicyclic) bond motifs is 1. The lowest BCUT2D eigenvalue weighted by atomic mass is 10.0. The first-order valence-corrected chi connectivity index (χ1v) is 13.5. The van der Waals surface area contributed by atoms with Crippen molar-refractivity contribution in [3.8, 4) is 5.75 Å². The molecule has 0 spiro atoms. The third-order valence-corrected chi connectivity index (χ3v) is 7.23. The molecule has 5 nitrogen and oxygen atoms in total. The number of pyridine rings is 1. The van der Waals surface area contributed by atoms with Gasteiger partial charge in [-0.1, -0.05) is 48.5 Å². The number of carbonyl (C=O) groups excluding carboxylic acids is 1. The summed E-state index contributed by atoms with van der Waals surface area (Å²) >= 11 is 0. The highest BCUT2D eigenvalue weighted by Gasteiger charge is 2.31. The van der Waals surface area contributed by atoms with E-state index < -0.39 is 11.7 Å². The first-order chi connectivity index (χ1) is 19.2. The molecule has 40 heavy (non-hydrogen) atoms. The second-order valence-corrected chi connectivity index (χ2v) is 10.4. The molecule has 2 heterocycles. The Hall–Kier alpha value is -3.91. The Balaban J connectivity index is 1.12. The fourth-order valence-electron chi connectivity index (χ4n) is 5.24. The average molecular weight is 548 g/mol. The molecule has 0 aliphatic carbocycles. The van der Waals surface area contributed by atoms with Crippen molar-refractivity contribution in [1.29, 1.82) is 0 Å². The summed E-state index contributed by atoms with van der Waals surface area (Å²) in [4.78, 5) is 21.2. The highest BCUT2D eigenvalue weighted by Crippen LogP contribution is 2.30. The number of carbonyl (C=O) groups is 1. The lowest BCUT2D eigenvalue weighted by Crippen LogP contribution is -2.42. The molecule has 1 aliphatic rings. The Morgan fingerprint density at radius 1 is 0.950 bits per heavy atom. The molecular formula is C32H32F3N3O2. The van der Waals surface area contributed by atoms with E-state index in [-0.39, 0.29) is 18.4 Å². The van der Waals surface area contributed by atoms with Crippen LogP contribution in [0.5, 0.6) is 5.75 Å². The van der Waals surface area contributed by atoms with Crippen LogP contribution in [0.1, 0.15) is 35.1 Å². The van der Waals surface area contributed by atoms with Gasteiger partial charge in [0, 0.05) is 50.6 Å². The normalized spacial score (nSPS) is 14.6. The monoisotopic (exact) mass is 547 g/mol. The van der Waals surface area contributed by atoms with Gasteiger partial charge in [-0.25, -0.2) is 0 Å². The molecule has 208 valence electrons. The molecule has 0 bridgehead atoms. The Kier molecular flexibility index (Phi) is 8.35. The minimum Gasteiger partial charge on any atom is -0.490 e. The summed E-state index contributed by atoms with van der Waals surface area (Å²) in [5.74, 6) is 0.638. The van der Waals surface area contributed by atoms with Gasteiger partial charge in [0.15, 0.2) is 0 Å². The predicted octanol–water partition coefficient (Wildman–Crippen LogP) is 6.50. The van der Waals surface area contributed by atoms with Crippen molar-refractivity contribution >= 4 is 16.8 Å². The van der Waals surface area contributed by atoms with Gasteiger partial charge in [0.25, 0.3) is 0 Å². The van der Waals surface area contributed by atoms with E-state index in [0.717, 1.165) is 47.4 Å². The fourth-order valence-corrected chi connectivity index (χ4v) is 5.24. The number of nitrogens with zero attached hydrogens (tertiary/aromatic N) is 3. The molecule has 1 amide bonds. The zero-order valence-electron chi connectivity index (χ0n) is 22.4. The molecule has 3 aromatic carbocycles. The molecule has 1 saturated heterocycles. The van der Waals surface area contributed by atoms with Gasteiger partial charge in [-0.05, 0) is 54.1 Å². The van der Waals surface area contributed by atoms with Gasteiger partial charge in [-0.15, -0.1) is 0 Å². The van der Waals surface area contributed by atoms with Crippen molar-refractivity contribution in [2.45, 2.75) is 44.6 Å². The average Bonchev–Trinajstić information content (AvgIpc) is 2.93. The van der Waals surface area contributed by atoms with Crippen LogP contribution in [-0.4, -0.2) is 46.9 Å². The van der Waals surface area contributed by atoms with Crippen LogP contribution >= 0.6 is 0 Å². The van der Waals surface area contributed by atoms with Crippen LogP contribution in [0.15, 0.2) is 85.1 Å². The van der Waals surface area contributed by atoms with E-state index in [2.05, 4.69) is 41.2 Å². The molecule has 1 aromatic heterocycles. The number of hydrogen-bond donors (Lipinski definition) is 0. The standard InChI is InChI=1S/C32H32F3N3O2/c1-37(22-25-8-4-12-30-29(25)11-5-15-36-30)21-24-7-3-10-28(19-24)40-27-13-16-38(17-14-27)31(39)20-23-6-2-9-26(18-23)32(33,34)35/h2-12,15,18-19,27H,13-14,16-17,20-22H2,1H3. The first kappa shape index (κ1) is 27.6. The van der Waals surface area contributed by atoms with Gasteiger partial charge in [0.2, 0.25) is 5.91 Å².